The number of nitrogens with zero attached hydrogens (tertiary/aromatic N) is 5. The Morgan fingerprint density at radius 1 is 1.21 bits per heavy atom. The minimum atomic E-state index is -2.84. The molecule has 4 rings (SSSR count). The van der Waals surface area contributed by atoms with Crippen LogP contribution in [0.25, 0.3) is 17.1 Å². The van der Waals surface area contributed by atoms with Gasteiger partial charge >= 0.3 is 0 Å². The molecule has 8 nitrogen and oxygen atoms in total. The zero-order valence-electron chi connectivity index (χ0n) is 14.9. The molecular formula is C18H17F2N5O3. The van der Waals surface area contributed by atoms with Gasteiger partial charge in [-0.1, -0.05) is 0 Å². The fraction of sp³-hybridized carbons (Fsp3) is 0.333. The highest BCUT2D eigenvalue weighted by atomic mass is 19.3. The van der Waals surface area contributed by atoms with Gasteiger partial charge in [-0.25, -0.2) is 18.7 Å². The first kappa shape index (κ1) is 18.2. The maximum Gasteiger partial charge on any atom is 0.254 e. The molecule has 2 atom stereocenters. The normalized spacial score (nSPS) is 21.0. The minimum Gasteiger partial charge on any atom is -0.507 e. The van der Waals surface area contributed by atoms with E-state index in [9.17, 15) is 13.9 Å². The number of alkyl halides is 2. The number of hydrogen-bond donors (Lipinski definition) is 1. The second-order valence-corrected chi connectivity index (χ2v) is 6.49. The summed E-state index contributed by atoms with van der Waals surface area (Å²) in [6.45, 7) is 0. The van der Waals surface area contributed by atoms with Crippen LogP contribution in [0.2, 0.25) is 0 Å². The summed E-state index contributed by atoms with van der Waals surface area (Å²) in [6.07, 6.45) is 3.87. The van der Waals surface area contributed by atoms with Crippen LogP contribution in [-0.4, -0.2) is 55.1 Å². The standard InChI is InChI=1S/C18H17F2N5O3/c1-27-14-7-18(19,20)8-15(14)28-16-9-22-17(24-23-16)12-3-2-11(6-13(12)26)25-5-4-21-10-25/h2-6,9-10,14-15,26H,7-8H2,1H3/t14-,15-/m0/s1. The van der Waals surface area contributed by atoms with E-state index < -0.39 is 31.0 Å². The van der Waals surface area contributed by atoms with Gasteiger partial charge in [0.2, 0.25) is 0 Å². The first-order chi connectivity index (χ1) is 13.4. The van der Waals surface area contributed by atoms with Crippen molar-refractivity contribution in [2.75, 3.05) is 7.11 Å². The van der Waals surface area contributed by atoms with Crippen molar-refractivity contribution in [3.8, 4) is 28.7 Å². The second-order valence-electron chi connectivity index (χ2n) is 6.49. The van der Waals surface area contributed by atoms with Crippen molar-refractivity contribution in [2.24, 2.45) is 0 Å². The molecule has 0 aliphatic heterocycles. The lowest BCUT2D eigenvalue weighted by molar-refractivity contribution is -0.00998. The number of aromatic hydroxyl groups is 1. The van der Waals surface area contributed by atoms with E-state index >= 15 is 0 Å². The molecule has 10 heteroatoms. The lowest BCUT2D eigenvalue weighted by Crippen LogP contribution is -2.28. The number of benzene rings is 1. The molecule has 146 valence electrons. The third-order valence-corrected chi connectivity index (χ3v) is 4.55. The van der Waals surface area contributed by atoms with Crippen molar-refractivity contribution in [1.29, 1.82) is 0 Å². The van der Waals surface area contributed by atoms with E-state index in [1.807, 2.05) is 0 Å². The number of imidazole rings is 1. The molecule has 2 aromatic heterocycles. The van der Waals surface area contributed by atoms with Crippen LogP contribution < -0.4 is 4.74 Å². The maximum atomic E-state index is 13.6. The highest BCUT2D eigenvalue weighted by Crippen LogP contribution is 2.38. The molecule has 0 unspecified atom stereocenters. The zero-order valence-corrected chi connectivity index (χ0v) is 14.9. The molecule has 1 aliphatic rings. The third-order valence-electron chi connectivity index (χ3n) is 4.55. The predicted molar refractivity (Wildman–Crippen MR) is 93.4 cm³/mol. The minimum absolute atomic E-state index is 0.0167. The fourth-order valence-corrected chi connectivity index (χ4v) is 3.17. The summed E-state index contributed by atoms with van der Waals surface area (Å²) >= 11 is 0. The Morgan fingerprint density at radius 2 is 2.04 bits per heavy atom. The SMILES string of the molecule is CO[C@H]1CC(F)(F)C[C@@H]1Oc1cnc(-c2ccc(-n3ccnc3)cc2O)nn1. The smallest absolute Gasteiger partial charge is 0.254 e. The van der Waals surface area contributed by atoms with Gasteiger partial charge < -0.3 is 19.1 Å². The van der Waals surface area contributed by atoms with Gasteiger partial charge in [-0.2, -0.15) is 0 Å². The highest BCUT2D eigenvalue weighted by Gasteiger charge is 2.48. The number of halogens is 2. The summed E-state index contributed by atoms with van der Waals surface area (Å²) < 4.78 is 39.4. The number of ether oxygens (including phenoxy) is 2. The van der Waals surface area contributed by atoms with Crippen LogP contribution in [0.1, 0.15) is 12.8 Å². The van der Waals surface area contributed by atoms with Crippen molar-refractivity contribution in [1.82, 2.24) is 24.7 Å². The van der Waals surface area contributed by atoms with Crippen LogP contribution in [0.4, 0.5) is 8.78 Å². The van der Waals surface area contributed by atoms with E-state index in [1.165, 1.54) is 13.3 Å². The van der Waals surface area contributed by atoms with Crippen LogP contribution in [0.3, 0.4) is 0 Å². The van der Waals surface area contributed by atoms with Crippen molar-refractivity contribution in [3.05, 3.63) is 43.1 Å². The molecule has 1 saturated carbocycles. The van der Waals surface area contributed by atoms with Gasteiger partial charge in [0.1, 0.15) is 11.9 Å². The van der Waals surface area contributed by atoms with Gasteiger partial charge in [0.05, 0.1) is 36.3 Å². The average Bonchev–Trinajstić information content (AvgIpc) is 3.30. The summed E-state index contributed by atoms with van der Waals surface area (Å²) in [5, 5.41) is 18.1. The van der Waals surface area contributed by atoms with Gasteiger partial charge in [0.15, 0.2) is 5.82 Å². The molecule has 0 bridgehead atoms. The molecular weight excluding hydrogens is 372 g/mol. The van der Waals surface area contributed by atoms with E-state index in [1.54, 1.807) is 41.5 Å². The van der Waals surface area contributed by atoms with Gasteiger partial charge in [-0.05, 0) is 12.1 Å². The fourth-order valence-electron chi connectivity index (χ4n) is 3.17. The van der Waals surface area contributed by atoms with Gasteiger partial charge in [-0.15, -0.1) is 10.2 Å². The van der Waals surface area contributed by atoms with E-state index in [0.717, 1.165) is 5.69 Å². The summed E-state index contributed by atoms with van der Waals surface area (Å²) in [6, 6.07) is 4.98. The molecule has 0 saturated heterocycles. The number of methoxy groups -OCH3 is 1. The molecule has 0 amide bonds. The topological polar surface area (TPSA) is 95.2 Å². The van der Waals surface area contributed by atoms with E-state index in [4.69, 9.17) is 9.47 Å². The lowest BCUT2D eigenvalue weighted by atomic mass is 10.1. The molecule has 1 aromatic carbocycles. The first-order valence-corrected chi connectivity index (χ1v) is 8.54. The van der Waals surface area contributed by atoms with Crippen molar-refractivity contribution in [2.45, 2.75) is 31.0 Å². The Bertz CT molecular complexity index is 950. The number of hydrogen-bond acceptors (Lipinski definition) is 7. The molecule has 2 heterocycles. The van der Waals surface area contributed by atoms with Crippen LogP contribution in [0, 0.1) is 0 Å². The van der Waals surface area contributed by atoms with E-state index in [0.29, 0.717) is 5.56 Å². The van der Waals surface area contributed by atoms with Gasteiger partial charge in [-0.3, -0.25) is 0 Å². The van der Waals surface area contributed by atoms with Crippen LogP contribution in [0.15, 0.2) is 43.1 Å². The number of rotatable bonds is 5. The van der Waals surface area contributed by atoms with E-state index in [2.05, 4.69) is 20.2 Å². The summed E-state index contributed by atoms with van der Waals surface area (Å²) in [4.78, 5) is 8.08. The quantitative estimate of drug-likeness (QED) is 0.717. The predicted octanol–water partition coefficient (Wildman–Crippen LogP) is 2.62. The van der Waals surface area contributed by atoms with E-state index in [-0.39, 0.29) is 17.5 Å². The Hall–Kier alpha value is -3.14. The second kappa shape index (κ2) is 7.12. The molecule has 1 N–H and O–H groups in total. The van der Waals surface area contributed by atoms with Crippen LogP contribution in [0.5, 0.6) is 11.6 Å². The Morgan fingerprint density at radius 3 is 2.68 bits per heavy atom. The Kier molecular flexibility index (Phi) is 4.63. The Labute approximate surface area is 158 Å². The molecule has 1 fully saturated rings. The van der Waals surface area contributed by atoms with Crippen molar-refractivity contribution < 1.29 is 23.4 Å². The Balaban J connectivity index is 1.51. The first-order valence-electron chi connectivity index (χ1n) is 8.54. The third kappa shape index (κ3) is 3.63. The molecule has 0 radical (unpaired) electrons. The lowest BCUT2D eigenvalue weighted by Gasteiger charge is -2.17. The van der Waals surface area contributed by atoms with Crippen LogP contribution in [-0.2, 0) is 4.74 Å². The average molecular weight is 389 g/mol. The van der Waals surface area contributed by atoms with Crippen molar-refractivity contribution >= 4 is 0 Å². The summed E-state index contributed by atoms with van der Waals surface area (Å²) in [7, 11) is 1.37. The number of aromatic nitrogens is 5. The molecule has 28 heavy (non-hydrogen) atoms. The molecule has 3 aromatic rings. The summed E-state index contributed by atoms with van der Waals surface area (Å²) in [5.74, 6) is -2.67. The molecule has 0 spiro atoms. The largest absolute Gasteiger partial charge is 0.507 e. The van der Waals surface area contributed by atoms with Gasteiger partial charge in [0, 0.05) is 32.0 Å². The maximum absolute atomic E-state index is 13.6. The van der Waals surface area contributed by atoms with Crippen molar-refractivity contribution in [3.63, 3.8) is 0 Å². The van der Waals surface area contributed by atoms with Crippen LogP contribution >= 0.6 is 0 Å². The highest BCUT2D eigenvalue weighted by molar-refractivity contribution is 5.65. The zero-order chi connectivity index (χ0) is 19.7. The molecule has 1 aliphatic carbocycles. The van der Waals surface area contributed by atoms with Gasteiger partial charge in [0.25, 0.3) is 11.8 Å². The number of phenols is 1. The number of phenolic OH excluding ortho intramolecular Hbond substituents is 1. The summed E-state index contributed by atoms with van der Waals surface area (Å²) in [5.41, 5.74) is 1.10. The monoisotopic (exact) mass is 389 g/mol.